The third-order valence-corrected chi connectivity index (χ3v) is 29.9. The van der Waals surface area contributed by atoms with Crippen LogP contribution < -0.4 is 40.3 Å². The quantitative estimate of drug-likeness (QED) is 0.0627. The average molecular weight is 1550 g/mol. The van der Waals surface area contributed by atoms with E-state index < -0.39 is 16.1 Å². The zero-order valence-electron chi connectivity index (χ0n) is 67.0. The van der Waals surface area contributed by atoms with Gasteiger partial charge < -0.3 is 19.6 Å². The minimum atomic E-state index is -1.81. The van der Waals surface area contributed by atoms with Gasteiger partial charge in [0, 0.05) is 68.2 Å². The van der Waals surface area contributed by atoms with Crippen LogP contribution >= 0.6 is 0 Å². The van der Waals surface area contributed by atoms with E-state index >= 15 is 0 Å². The van der Waals surface area contributed by atoms with Gasteiger partial charge in [0.2, 0.25) is 0 Å². The molecule has 0 saturated carbocycles. The van der Waals surface area contributed by atoms with Crippen LogP contribution in [0.2, 0.25) is 26.2 Å². The van der Waals surface area contributed by atoms with Crippen LogP contribution in [-0.4, -0.2) is 16.1 Å². The number of benzene rings is 18. The first-order chi connectivity index (χ1) is 58.0. The molecule has 0 fully saturated rings. The molecule has 0 radical (unpaired) electrons. The first kappa shape index (κ1) is 76.2. The Kier molecular flexibility index (Phi) is 22.7. The van der Waals surface area contributed by atoms with E-state index in [-0.39, 0.29) is 0 Å². The molecule has 0 saturated heterocycles. The fourth-order valence-corrected chi connectivity index (χ4v) is 20.7. The predicted octanol–water partition coefficient (Wildman–Crippen LogP) is 28.9. The van der Waals surface area contributed by atoms with E-state index in [9.17, 15) is 0 Å². The summed E-state index contributed by atoms with van der Waals surface area (Å²) in [5.41, 5.74) is 27.9. The second-order valence-corrected chi connectivity index (χ2v) is 39.7. The smallest absolute Gasteiger partial charge is 0.112 e. The van der Waals surface area contributed by atoms with Crippen molar-refractivity contribution in [3.8, 4) is 66.8 Å². The molecule has 4 nitrogen and oxygen atoms in total. The van der Waals surface area contributed by atoms with Crippen LogP contribution in [0.3, 0.4) is 0 Å². The van der Waals surface area contributed by atoms with E-state index in [1.54, 1.807) is 0 Å². The molecule has 0 aliphatic rings. The Hall–Kier alpha value is -14.4. The van der Waals surface area contributed by atoms with Crippen LogP contribution in [0, 0.1) is 0 Å². The molecule has 0 atom stereocenters. The molecule has 118 heavy (non-hydrogen) atoms. The minimum absolute atomic E-state index is 1.11. The molecule has 0 N–H and O–H groups in total. The summed E-state index contributed by atoms with van der Waals surface area (Å²) < 4.78 is 0. The molecule has 0 spiro atoms. The highest BCUT2D eigenvalue weighted by Crippen LogP contribution is 2.42. The van der Waals surface area contributed by atoms with Crippen molar-refractivity contribution >= 4 is 105 Å². The van der Waals surface area contributed by atoms with Crippen LogP contribution in [-0.2, 0) is 0 Å². The third kappa shape index (κ3) is 17.0. The Bertz CT molecular complexity index is 6170. The molecule has 0 bridgehead atoms. The summed E-state index contributed by atoms with van der Waals surface area (Å²) in [4.78, 5) is 9.27. The standard InChI is InChI=1S/2C56H46N2Si/c1-59(2,55-21-13-6-14-22-55)56-41-33-48(34-42-56)47-31-39-54(40-32-47)58(51-19-11-5-12-20-51)53-37-29-46(30-38-53)44-25-23-43(24-26-44)45-27-35-52(36-28-45)57(49-15-7-3-8-16-49)50-17-9-4-10-18-50;1-59(2,55-21-13-6-14-22-55)56-41-39-54(40-42-56)58(50-19-11-5-12-20-50)53-37-31-48(32-38-53)45-25-23-44(24-26-45)47-29-35-52(36-30-47)57(49-17-9-4-10-18-49)51-33-27-46(28-34-51)43-15-7-3-8-16-43/h2*3-42H,1-2H3. The Morgan fingerprint density at radius 1 is 0.110 bits per heavy atom. The lowest BCUT2D eigenvalue weighted by Crippen LogP contribution is -2.52. The van der Waals surface area contributed by atoms with Crippen molar-refractivity contribution in [3.05, 3.63) is 485 Å². The van der Waals surface area contributed by atoms with E-state index in [0.29, 0.717) is 0 Å². The van der Waals surface area contributed by atoms with Gasteiger partial charge in [0.1, 0.15) is 16.1 Å². The highest BCUT2D eigenvalue weighted by Gasteiger charge is 2.28. The number of para-hydroxylation sites is 5. The fraction of sp³-hybridized carbons (Fsp3) is 0.0357. The summed E-state index contributed by atoms with van der Waals surface area (Å²) >= 11 is 0. The normalized spacial score (nSPS) is 11.2. The maximum Gasteiger partial charge on any atom is 0.112 e. The summed E-state index contributed by atoms with van der Waals surface area (Å²) in [5.74, 6) is 0. The van der Waals surface area contributed by atoms with Gasteiger partial charge in [0.05, 0.1) is 0 Å². The molecule has 18 aromatic rings. The van der Waals surface area contributed by atoms with E-state index in [1.807, 2.05) is 0 Å². The summed E-state index contributed by atoms with van der Waals surface area (Å²) in [6.45, 7) is 9.72. The molecule has 0 heterocycles. The predicted molar refractivity (Wildman–Crippen MR) is 511 cm³/mol. The topological polar surface area (TPSA) is 13.0 Å². The zero-order chi connectivity index (χ0) is 80.0. The highest BCUT2D eigenvalue weighted by molar-refractivity contribution is 7.01. The molecule has 568 valence electrons. The Labute approximate surface area is 698 Å². The van der Waals surface area contributed by atoms with Gasteiger partial charge in [-0.3, -0.25) is 0 Å². The fourth-order valence-electron chi connectivity index (χ4n) is 16.0. The van der Waals surface area contributed by atoms with Gasteiger partial charge in [0.25, 0.3) is 0 Å². The van der Waals surface area contributed by atoms with Gasteiger partial charge in [-0.25, -0.2) is 0 Å². The first-order valence-electron chi connectivity index (χ1n) is 40.7. The van der Waals surface area contributed by atoms with Crippen molar-refractivity contribution in [1.82, 2.24) is 0 Å². The summed E-state index contributed by atoms with van der Waals surface area (Å²) in [5, 5.41) is 5.77. The monoisotopic (exact) mass is 1550 g/mol. The second kappa shape index (κ2) is 35.1. The van der Waals surface area contributed by atoms with Gasteiger partial charge >= 0.3 is 0 Å². The molecule has 18 rings (SSSR count). The summed E-state index contributed by atoms with van der Waals surface area (Å²) in [6, 6.07) is 175. The molecule has 0 aliphatic heterocycles. The molecular formula is C112H92N4Si2. The lowest BCUT2D eigenvalue weighted by atomic mass is 9.99. The lowest BCUT2D eigenvalue weighted by Gasteiger charge is -2.28. The maximum absolute atomic E-state index is 2.43. The lowest BCUT2D eigenvalue weighted by molar-refractivity contribution is 1.28. The largest absolute Gasteiger partial charge is 0.311 e. The van der Waals surface area contributed by atoms with E-state index in [1.165, 1.54) is 87.5 Å². The molecule has 0 amide bonds. The van der Waals surface area contributed by atoms with Crippen molar-refractivity contribution in [2.45, 2.75) is 26.2 Å². The zero-order valence-corrected chi connectivity index (χ0v) is 69.0. The Balaban J connectivity index is 0.000000169. The van der Waals surface area contributed by atoms with E-state index in [2.05, 4.69) is 531 Å². The second-order valence-electron chi connectivity index (χ2n) is 30.9. The van der Waals surface area contributed by atoms with Crippen LogP contribution in [0.1, 0.15) is 0 Å². The summed E-state index contributed by atoms with van der Waals surface area (Å²) in [6.07, 6.45) is 0. The van der Waals surface area contributed by atoms with Gasteiger partial charge in [-0.05, 0) is 212 Å². The minimum Gasteiger partial charge on any atom is -0.311 e. The van der Waals surface area contributed by atoms with Crippen molar-refractivity contribution in [2.75, 3.05) is 19.6 Å². The number of nitrogens with zero attached hydrogens (tertiary/aromatic N) is 4. The van der Waals surface area contributed by atoms with Gasteiger partial charge in [0.15, 0.2) is 0 Å². The Morgan fingerprint density at radius 2 is 0.220 bits per heavy atom. The number of hydrogen-bond acceptors (Lipinski definition) is 4. The van der Waals surface area contributed by atoms with Crippen LogP contribution in [0.5, 0.6) is 0 Å². The van der Waals surface area contributed by atoms with E-state index in [0.717, 1.165) is 68.2 Å². The number of anilines is 12. The number of hydrogen-bond donors (Lipinski definition) is 0. The van der Waals surface area contributed by atoms with Gasteiger partial charge in [-0.1, -0.05) is 387 Å². The van der Waals surface area contributed by atoms with Crippen molar-refractivity contribution < 1.29 is 0 Å². The molecule has 0 aliphatic carbocycles. The molecule has 18 aromatic carbocycles. The average Bonchev–Trinajstić information content (AvgIpc) is 0.802. The number of rotatable bonds is 22. The van der Waals surface area contributed by atoms with E-state index in [4.69, 9.17) is 0 Å². The van der Waals surface area contributed by atoms with Crippen molar-refractivity contribution in [3.63, 3.8) is 0 Å². The first-order valence-corrected chi connectivity index (χ1v) is 46.7. The summed E-state index contributed by atoms with van der Waals surface area (Å²) in [7, 11) is -3.56. The van der Waals surface area contributed by atoms with Crippen molar-refractivity contribution in [2.24, 2.45) is 0 Å². The SMILES string of the molecule is C[Si](C)(c1ccccc1)c1ccc(-c2ccc(N(c3ccccc3)c3ccc(-c4ccc(-c5ccc(N(c6ccccc6)c6ccccc6)cc5)cc4)cc3)cc2)cc1.C[Si](C)(c1ccccc1)c1ccc(N(c2ccccc2)c2ccc(-c3ccc(-c4ccc(N(c5ccccc5)c5ccc(-c6ccccc6)cc5)cc4)cc3)cc2)cc1. The molecule has 6 heteroatoms. The van der Waals surface area contributed by atoms with Crippen molar-refractivity contribution in [1.29, 1.82) is 0 Å². The molecule has 0 aromatic heterocycles. The highest BCUT2D eigenvalue weighted by atomic mass is 28.3. The van der Waals surface area contributed by atoms with Crippen LogP contribution in [0.25, 0.3) is 66.8 Å². The molecular weight excluding hydrogens is 1460 g/mol. The molecule has 0 unspecified atom stereocenters. The Morgan fingerprint density at radius 3 is 0.407 bits per heavy atom. The van der Waals surface area contributed by atoms with Gasteiger partial charge in [-0.2, -0.15) is 0 Å². The van der Waals surface area contributed by atoms with Gasteiger partial charge in [-0.15, -0.1) is 0 Å². The maximum atomic E-state index is 2.43. The van der Waals surface area contributed by atoms with Crippen LogP contribution in [0.4, 0.5) is 68.2 Å². The van der Waals surface area contributed by atoms with Crippen LogP contribution in [0.15, 0.2) is 485 Å². The third-order valence-electron chi connectivity index (χ3n) is 22.8.